The monoisotopic (exact) mass is 302 g/mol. The van der Waals surface area contributed by atoms with E-state index in [9.17, 15) is 20.1 Å². The molecule has 3 rings (SSSR count). The summed E-state index contributed by atoms with van der Waals surface area (Å²) in [5.74, 6) is -0.715. The topological polar surface area (TPSA) is 96.2 Å². The van der Waals surface area contributed by atoms with Crippen LogP contribution in [0.5, 0.6) is 23.0 Å². The molecule has 6 nitrogen and oxygen atoms in total. The Morgan fingerprint density at radius 1 is 1.18 bits per heavy atom. The van der Waals surface area contributed by atoms with Gasteiger partial charge in [0.2, 0.25) is 5.78 Å². The number of hydrogen-bond acceptors (Lipinski definition) is 6. The summed E-state index contributed by atoms with van der Waals surface area (Å²) in [7, 11) is 1.51. The minimum Gasteiger partial charge on any atom is -0.508 e. The zero-order valence-corrected chi connectivity index (χ0v) is 11.7. The van der Waals surface area contributed by atoms with E-state index >= 15 is 0 Å². The van der Waals surface area contributed by atoms with Crippen LogP contribution in [0.25, 0.3) is 0 Å². The molecule has 0 aliphatic carbocycles. The molecule has 0 fully saturated rings. The van der Waals surface area contributed by atoms with Crippen molar-refractivity contribution in [2.75, 3.05) is 13.7 Å². The smallest absolute Gasteiger partial charge is 0.209 e. The molecule has 2 aromatic carbocycles. The molecule has 2 aromatic rings. The fourth-order valence-corrected chi connectivity index (χ4v) is 2.46. The quantitative estimate of drug-likeness (QED) is 0.779. The third-order valence-corrected chi connectivity index (χ3v) is 3.67. The van der Waals surface area contributed by atoms with Crippen molar-refractivity contribution in [1.82, 2.24) is 0 Å². The zero-order chi connectivity index (χ0) is 15.9. The van der Waals surface area contributed by atoms with Gasteiger partial charge < -0.3 is 24.8 Å². The molecule has 0 spiro atoms. The summed E-state index contributed by atoms with van der Waals surface area (Å²) in [5.41, 5.74) is -1.73. The number of phenolic OH excluding ortho intramolecular Hbond substituents is 2. The standard InChI is InChI=1S/C16H14O6/c1-21-11-4-2-9(3-5-11)16(20)8-22-13-7-10(17)6-12(18)14(13)15(16)19/h2-7,17-18,20H,8H2,1H3. The van der Waals surface area contributed by atoms with Gasteiger partial charge in [-0.2, -0.15) is 0 Å². The molecule has 0 radical (unpaired) electrons. The highest BCUT2D eigenvalue weighted by Crippen LogP contribution is 2.42. The molecule has 0 bridgehead atoms. The Kier molecular flexibility index (Phi) is 3.18. The summed E-state index contributed by atoms with van der Waals surface area (Å²) in [6.07, 6.45) is 0. The molecule has 0 saturated heterocycles. The van der Waals surface area contributed by atoms with Crippen molar-refractivity contribution in [2.24, 2.45) is 0 Å². The predicted octanol–water partition coefficient (Wildman–Crippen LogP) is 1.57. The molecule has 0 amide bonds. The predicted molar refractivity (Wildman–Crippen MR) is 76.5 cm³/mol. The zero-order valence-electron chi connectivity index (χ0n) is 11.7. The lowest BCUT2D eigenvalue weighted by Gasteiger charge is -2.32. The van der Waals surface area contributed by atoms with Gasteiger partial charge in [-0.1, -0.05) is 12.1 Å². The van der Waals surface area contributed by atoms with Crippen molar-refractivity contribution in [1.29, 1.82) is 0 Å². The minimum atomic E-state index is -1.91. The lowest BCUT2D eigenvalue weighted by molar-refractivity contribution is -0.00553. The van der Waals surface area contributed by atoms with Gasteiger partial charge in [-0.15, -0.1) is 0 Å². The molecule has 1 atom stereocenters. The van der Waals surface area contributed by atoms with Crippen LogP contribution in [0.4, 0.5) is 0 Å². The van der Waals surface area contributed by atoms with E-state index in [1.807, 2.05) is 0 Å². The van der Waals surface area contributed by atoms with Crippen molar-refractivity contribution in [2.45, 2.75) is 5.60 Å². The van der Waals surface area contributed by atoms with E-state index in [1.54, 1.807) is 24.3 Å². The number of fused-ring (bicyclic) bond motifs is 1. The molecule has 1 aliphatic heterocycles. The van der Waals surface area contributed by atoms with Crippen LogP contribution in [0.15, 0.2) is 36.4 Å². The Bertz CT molecular complexity index is 737. The van der Waals surface area contributed by atoms with Crippen LogP contribution in [-0.4, -0.2) is 34.8 Å². The van der Waals surface area contributed by atoms with Crippen LogP contribution in [0.2, 0.25) is 0 Å². The third-order valence-electron chi connectivity index (χ3n) is 3.67. The van der Waals surface area contributed by atoms with Gasteiger partial charge in [0.1, 0.15) is 35.2 Å². The van der Waals surface area contributed by atoms with Crippen LogP contribution in [0.1, 0.15) is 15.9 Å². The van der Waals surface area contributed by atoms with Gasteiger partial charge in [-0.05, 0) is 17.7 Å². The van der Waals surface area contributed by atoms with Crippen molar-refractivity contribution in [3.8, 4) is 23.0 Å². The Morgan fingerprint density at radius 3 is 2.50 bits per heavy atom. The van der Waals surface area contributed by atoms with Crippen LogP contribution in [-0.2, 0) is 5.60 Å². The number of carbonyl (C=O) groups is 1. The number of aliphatic hydroxyl groups is 1. The first kappa shape index (κ1) is 14.2. The van der Waals surface area contributed by atoms with Gasteiger partial charge in [0.15, 0.2) is 5.60 Å². The number of benzene rings is 2. The molecular formula is C16H14O6. The second-order valence-electron chi connectivity index (χ2n) is 5.04. The van der Waals surface area contributed by atoms with E-state index in [-0.39, 0.29) is 23.7 Å². The molecular weight excluding hydrogens is 288 g/mol. The Morgan fingerprint density at radius 2 is 1.86 bits per heavy atom. The Labute approximate surface area is 126 Å². The summed E-state index contributed by atoms with van der Waals surface area (Å²) in [4.78, 5) is 12.6. The number of carbonyl (C=O) groups excluding carboxylic acids is 1. The van der Waals surface area contributed by atoms with Gasteiger partial charge in [0.05, 0.1) is 7.11 Å². The maximum absolute atomic E-state index is 12.6. The summed E-state index contributed by atoms with van der Waals surface area (Å²) in [6.45, 7) is -0.311. The first-order chi connectivity index (χ1) is 10.5. The maximum atomic E-state index is 12.6. The van der Waals surface area contributed by atoms with Crippen LogP contribution in [0, 0.1) is 0 Å². The van der Waals surface area contributed by atoms with E-state index in [0.29, 0.717) is 11.3 Å². The maximum Gasteiger partial charge on any atom is 0.209 e. The first-order valence-corrected chi connectivity index (χ1v) is 6.56. The Balaban J connectivity index is 2.07. The third kappa shape index (κ3) is 2.05. The molecule has 0 saturated carbocycles. The molecule has 1 unspecified atom stereocenters. The number of aromatic hydroxyl groups is 2. The van der Waals surface area contributed by atoms with E-state index in [2.05, 4.69) is 0 Å². The van der Waals surface area contributed by atoms with Crippen LogP contribution >= 0.6 is 0 Å². The summed E-state index contributed by atoms with van der Waals surface area (Å²) < 4.78 is 10.4. The van der Waals surface area contributed by atoms with E-state index in [0.717, 1.165) is 6.07 Å². The van der Waals surface area contributed by atoms with Gasteiger partial charge in [0.25, 0.3) is 0 Å². The van der Waals surface area contributed by atoms with Crippen molar-refractivity contribution in [3.63, 3.8) is 0 Å². The highest BCUT2D eigenvalue weighted by Gasteiger charge is 2.45. The second kappa shape index (κ2) is 4.92. The molecule has 1 heterocycles. The fraction of sp³-hybridized carbons (Fsp3) is 0.188. The lowest BCUT2D eigenvalue weighted by atomic mass is 9.84. The molecule has 114 valence electrons. The van der Waals surface area contributed by atoms with Crippen LogP contribution in [0.3, 0.4) is 0 Å². The highest BCUT2D eigenvalue weighted by atomic mass is 16.5. The second-order valence-corrected chi connectivity index (χ2v) is 5.04. The molecule has 0 aromatic heterocycles. The molecule has 22 heavy (non-hydrogen) atoms. The largest absolute Gasteiger partial charge is 0.508 e. The van der Waals surface area contributed by atoms with E-state index < -0.39 is 17.1 Å². The van der Waals surface area contributed by atoms with Gasteiger partial charge in [-0.25, -0.2) is 0 Å². The summed E-state index contributed by atoms with van der Waals surface area (Å²) in [5, 5.41) is 30.0. The number of hydrogen-bond donors (Lipinski definition) is 3. The molecule has 3 N–H and O–H groups in total. The van der Waals surface area contributed by atoms with E-state index in [1.165, 1.54) is 13.2 Å². The fourth-order valence-electron chi connectivity index (χ4n) is 2.46. The van der Waals surface area contributed by atoms with Gasteiger partial charge in [0, 0.05) is 12.1 Å². The van der Waals surface area contributed by atoms with Crippen LogP contribution < -0.4 is 9.47 Å². The summed E-state index contributed by atoms with van der Waals surface area (Å²) >= 11 is 0. The van der Waals surface area contributed by atoms with Crippen molar-refractivity contribution in [3.05, 3.63) is 47.5 Å². The lowest BCUT2D eigenvalue weighted by Crippen LogP contribution is -2.44. The average Bonchev–Trinajstić information content (AvgIpc) is 2.50. The number of phenols is 2. The van der Waals surface area contributed by atoms with E-state index in [4.69, 9.17) is 9.47 Å². The van der Waals surface area contributed by atoms with Crippen molar-refractivity contribution < 1.29 is 29.6 Å². The highest BCUT2D eigenvalue weighted by molar-refractivity contribution is 6.08. The van der Waals surface area contributed by atoms with Gasteiger partial charge in [-0.3, -0.25) is 4.79 Å². The molecule has 6 heteroatoms. The normalized spacial score (nSPS) is 20.2. The minimum absolute atomic E-state index is 0.0423. The Hall–Kier alpha value is -2.73. The molecule has 1 aliphatic rings. The SMILES string of the molecule is COc1ccc(C2(O)COc3cc(O)cc(O)c3C2=O)cc1. The number of rotatable bonds is 2. The first-order valence-electron chi connectivity index (χ1n) is 6.56. The number of Topliss-reactive ketones (excluding diaryl/α,β-unsaturated/α-hetero) is 1. The number of methoxy groups -OCH3 is 1. The average molecular weight is 302 g/mol. The summed E-state index contributed by atoms with van der Waals surface area (Å²) in [6, 6.07) is 8.60. The van der Waals surface area contributed by atoms with Gasteiger partial charge >= 0.3 is 0 Å². The van der Waals surface area contributed by atoms with Crippen molar-refractivity contribution >= 4 is 5.78 Å². The number of ketones is 1. The number of ether oxygens (including phenoxy) is 2.